The maximum Gasteiger partial charge on any atom is 0.147 e. The maximum absolute atomic E-state index is 10.9. The molecular formula is C21H38O4. The summed E-state index contributed by atoms with van der Waals surface area (Å²) < 4.78 is 17.3. The van der Waals surface area contributed by atoms with Crippen LogP contribution in [0.25, 0.3) is 0 Å². The molecule has 0 aromatic heterocycles. The van der Waals surface area contributed by atoms with Gasteiger partial charge in [-0.05, 0) is 57.3 Å². The first-order chi connectivity index (χ1) is 12.0. The van der Waals surface area contributed by atoms with Crippen molar-refractivity contribution < 1.29 is 19.3 Å². The van der Waals surface area contributed by atoms with Gasteiger partial charge in [-0.1, -0.05) is 32.1 Å². The highest BCUT2D eigenvalue weighted by Crippen LogP contribution is 2.57. The molecule has 3 aliphatic carbocycles. The molecule has 0 aromatic carbocycles. The number of hydrogen-bond donors (Lipinski definition) is 1. The lowest BCUT2D eigenvalue weighted by Crippen LogP contribution is -2.61. The van der Waals surface area contributed by atoms with Crippen LogP contribution >= 0.6 is 0 Å². The molecule has 0 radical (unpaired) electrons. The molecule has 5 unspecified atom stereocenters. The SMILES string of the molecule is COCCOCOC12CC3CCCCC3CC1CCCC2C(C)(C)O. The minimum Gasteiger partial charge on any atom is -0.390 e. The smallest absolute Gasteiger partial charge is 0.147 e. The lowest BCUT2D eigenvalue weighted by atomic mass is 9.52. The minimum absolute atomic E-state index is 0.202. The van der Waals surface area contributed by atoms with Crippen LogP contribution in [-0.2, 0) is 14.2 Å². The minimum atomic E-state index is -0.702. The molecule has 4 heteroatoms. The first-order valence-electron chi connectivity index (χ1n) is 10.4. The molecule has 0 bridgehead atoms. The second-order valence-corrected chi connectivity index (χ2v) is 9.20. The van der Waals surface area contributed by atoms with Crippen LogP contribution in [0, 0.1) is 23.7 Å². The zero-order valence-corrected chi connectivity index (χ0v) is 16.5. The zero-order chi connectivity index (χ0) is 17.9. The first kappa shape index (κ1) is 19.6. The van der Waals surface area contributed by atoms with E-state index in [9.17, 15) is 5.11 Å². The second-order valence-electron chi connectivity index (χ2n) is 9.20. The van der Waals surface area contributed by atoms with E-state index in [0.29, 0.717) is 25.9 Å². The van der Waals surface area contributed by atoms with Gasteiger partial charge in [-0.3, -0.25) is 0 Å². The maximum atomic E-state index is 10.9. The molecule has 146 valence electrons. The Labute approximate surface area is 153 Å². The third-order valence-electron chi connectivity index (χ3n) is 7.26. The molecule has 4 nitrogen and oxygen atoms in total. The van der Waals surface area contributed by atoms with Crippen molar-refractivity contribution in [2.45, 2.75) is 82.8 Å². The van der Waals surface area contributed by atoms with Crippen LogP contribution in [0.2, 0.25) is 0 Å². The third kappa shape index (κ3) is 4.23. The van der Waals surface area contributed by atoms with Gasteiger partial charge in [0.2, 0.25) is 0 Å². The summed E-state index contributed by atoms with van der Waals surface area (Å²) >= 11 is 0. The number of rotatable bonds is 7. The second kappa shape index (κ2) is 8.24. The molecule has 3 aliphatic rings. The van der Waals surface area contributed by atoms with E-state index in [1.54, 1.807) is 7.11 Å². The van der Waals surface area contributed by atoms with E-state index < -0.39 is 5.60 Å². The van der Waals surface area contributed by atoms with E-state index in [1.165, 1.54) is 44.9 Å². The lowest BCUT2D eigenvalue weighted by Gasteiger charge is -2.59. The molecule has 0 saturated heterocycles. The van der Waals surface area contributed by atoms with E-state index in [-0.39, 0.29) is 11.5 Å². The summed E-state index contributed by atoms with van der Waals surface area (Å²) in [5.41, 5.74) is -0.908. The van der Waals surface area contributed by atoms with Gasteiger partial charge in [-0.15, -0.1) is 0 Å². The predicted octanol–water partition coefficient (Wildman–Crippen LogP) is 4.15. The molecule has 3 rings (SSSR count). The van der Waals surface area contributed by atoms with Gasteiger partial charge in [0, 0.05) is 13.0 Å². The molecule has 0 aliphatic heterocycles. The number of ether oxygens (including phenoxy) is 3. The highest BCUT2D eigenvalue weighted by molar-refractivity contribution is 5.07. The van der Waals surface area contributed by atoms with Crippen LogP contribution in [0.4, 0.5) is 0 Å². The molecule has 0 spiro atoms. The van der Waals surface area contributed by atoms with E-state index in [1.807, 2.05) is 13.8 Å². The summed E-state index contributed by atoms with van der Waals surface area (Å²) in [6, 6.07) is 0. The van der Waals surface area contributed by atoms with Gasteiger partial charge in [-0.25, -0.2) is 0 Å². The Morgan fingerprint density at radius 3 is 2.48 bits per heavy atom. The van der Waals surface area contributed by atoms with Crippen LogP contribution < -0.4 is 0 Å². The highest BCUT2D eigenvalue weighted by atomic mass is 16.7. The average Bonchev–Trinajstić information content (AvgIpc) is 2.58. The topological polar surface area (TPSA) is 47.9 Å². The molecule has 0 aromatic rings. The van der Waals surface area contributed by atoms with Crippen molar-refractivity contribution in [2.24, 2.45) is 23.7 Å². The molecule has 5 atom stereocenters. The Balaban J connectivity index is 1.77. The van der Waals surface area contributed by atoms with E-state index in [0.717, 1.165) is 24.7 Å². The van der Waals surface area contributed by atoms with E-state index >= 15 is 0 Å². The van der Waals surface area contributed by atoms with Gasteiger partial charge < -0.3 is 19.3 Å². The van der Waals surface area contributed by atoms with Crippen LogP contribution in [0.15, 0.2) is 0 Å². The van der Waals surface area contributed by atoms with Gasteiger partial charge in [-0.2, -0.15) is 0 Å². The molecule has 3 fully saturated rings. The predicted molar refractivity (Wildman–Crippen MR) is 98.3 cm³/mol. The van der Waals surface area contributed by atoms with E-state index in [2.05, 4.69) is 0 Å². The lowest BCUT2D eigenvalue weighted by molar-refractivity contribution is -0.256. The molecule has 3 saturated carbocycles. The van der Waals surface area contributed by atoms with Crippen molar-refractivity contribution in [3.05, 3.63) is 0 Å². The van der Waals surface area contributed by atoms with Gasteiger partial charge >= 0.3 is 0 Å². The van der Waals surface area contributed by atoms with Crippen molar-refractivity contribution in [1.82, 2.24) is 0 Å². The van der Waals surface area contributed by atoms with Crippen molar-refractivity contribution in [3.8, 4) is 0 Å². The fourth-order valence-corrected chi connectivity index (χ4v) is 6.19. The largest absolute Gasteiger partial charge is 0.390 e. The number of aliphatic hydroxyl groups is 1. The Morgan fingerprint density at radius 1 is 1.00 bits per heavy atom. The standard InChI is InChI=1S/C21H38O4/c1-20(2,22)19-10-6-9-18-13-16-7-4-5-8-17(16)14-21(18,19)25-15-24-12-11-23-3/h16-19,22H,4-15H2,1-3H3. The summed E-state index contributed by atoms with van der Waals surface area (Å²) in [5.74, 6) is 2.42. The fourth-order valence-electron chi connectivity index (χ4n) is 6.19. The van der Waals surface area contributed by atoms with Gasteiger partial charge in [0.1, 0.15) is 6.79 Å². The van der Waals surface area contributed by atoms with Crippen LogP contribution in [0.5, 0.6) is 0 Å². The Hall–Kier alpha value is -0.160. The van der Waals surface area contributed by atoms with Crippen molar-refractivity contribution in [3.63, 3.8) is 0 Å². The molecule has 0 amide bonds. The number of hydrogen-bond acceptors (Lipinski definition) is 4. The molecule has 1 N–H and O–H groups in total. The summed E-state index contributed by atoms with van der Waals surface area (Å²) in [4.78, 5) is 0. The number of fused-ring (bicyclic) bond motifs is 2. The van der Waals surface area contributed by atoms with E-state index in [4.69, 9.17) is 14.2 Å². The van der Waals surface area contributed by atoms with Crippen LogP contribution in [0.1, 0.15) is 71.6 Å². The molecule has 0 heterocycles. The van der Waals surface area contributed by atoms with Gasteiger partial charge in [0.15, 0.2) is 0 Å². The summed E-state index contributed by atoms with van der Waals surface area (Å²) in [7, 11) is 1.69. The van der Waals surface area contributed by atoms with Gasteiger partial charge in [0.25, 0.3) is 0 Å². The Morgan fingerprint density at radius 2 is 1.76 bits per heavy atom. The molecule has 25 heavy (non-hydrogen) atoms. The number of methoxy groups -OCH3 is 1. The Bertz CT molecular complexity index is 419. The fraction of sp³-hybridized carbons (Fsp3) is 1.00. The van der Waals surface area contributed by atoms with Crippen molar-refractivity contribution >= 4 is 0 Å². The van der Waals surface area contributed by atoms with Crippen LogP contribution in [0.3, 0.4) is 0 Å². The molecular weight excluding hydrogens is 316 g/mol. The Kier molecular flexibility index (Phi) is 6.46. The zero-order valence-electron chi connectivity index (χ0n) is 16.5. The monoisotopic (exact) mass is 354 g/mol. The quantitative estimate of drug-likeness (QED) is 0.551. The van der Waals surface area contributed by atoms with Crippen LogP contribution in [-0.4, -0.2) is 43.4 Å². The van der Waals surface area contributed by atoms with Gasteiger partial charge in [0.05, 0.1) is 24.4 Å². The normalized spacial score (nSPS) is 38.9. The summed E-state index contributed by atoms with van der Waals surface area (Å²) in [5, 5.41) is 10.9. The first-order valence-corrected chi connectivity index (χ1v) is 10.4. The third-order valence-corrected chi connectivity index (χ3v) is 7.26. The van der Waals surface area contributed by atoms with Crippen molar-refractivity contribution in [2.75, 3.05) is 27.1 Å². The average molecular weight is 355 g/mol. The summed E-state index contributed by atoms with van der Waals surface area (Å²) in [6.07, 6.45) is 11.4. The highest BCUT2D eigenvalue weighted by Gasteiger charge is 2.57. The summed E-state index contributed by atoms with van der Waals surface area (Å²) in [6.45, 7) is 5.44. The van der Waals surface area contributed by atoms with Crippen molar-refractivity contribution in [1.29, 1.82) is 0 Å².